The average Bonchev–Trinajstić information content (AvgIpc) is 2.34. The summed E-state index contributed by atoms with van der Waals surface area (Å²) in [6.45, 7) is 6.06. The van der Waals surface area contributed by atoms with E-state index in [9.17, 15) is 4.91 Å². The summed E-state index contributed by atoms with van der Waals surface area (Å²) >= 11 is 0. The summed E-state index contributed by atoms with van der Waals surface area (Å²) in [5.41, 5.74) is 1.08. The summed E-state index contributed by atoms with van der Waals surface area (Å²) in [5, 5.41) is 3.18. The average molecular weight is 232 g/mol. The Bertz CT molecular complexity index is 338. The Morgan fingerprint density at radius 2 is 2.18 bits per heavy atom. The van der Waals surface area contributed by atoms with Gasteiger partial charge in [0.2, 0.25) is 0 Å². The summed E-state index contributed by atoms with van der Waals surface area (Å²) in [5.74, 6) is 0.398. The van der Waals surface area contributed by atoms with Crippen LogP contribution in [0.5, 0.6) is 0 Å². The molecule has 3 nitrogen and oxygen atoms in total. The second-order valence-corrected chi connectivity index (χ2v) is 4.52. The van der Waals surface area contributed by atoms with Crippen LogP contribution >= 0.6 is 0 Å². The van der Waals surface area contributed by atoms with E-state index in [0.29, 0.717) is 0 Å². The number of ether oxygens (including phenoxy) is 1. The summed E-state index contributed by atoms with van der Waals surface area (Å²) in [7, 11) is 5.35. The summed E-state index contributed by atoms with van der Waals surface area (Å²) in [6, 6.07) is -0.261. The maximum atomic E-state index is 10.8. The van der Waals surface area contributed by atoms with Crippen molar-refractivity contribution < 1.29 is 4.74 Å². The van der Waals surface area contributed by atoms with Crippen LogP contribution in [0, 0.1) is 16.7 Å². The van der Waals surface area contributed by atoms with Crippen LogP contribution in [-0.2, 0) is 4.74 Å². The van der Waals surface area contributed by atoms with Gasteiger partial charge in [-0.3, -0.25) is 0 Å². The molecule has 4 atom stereocenters. The van der Waals surface area contributed by atoms with Crippen molar-refractivity contribution in [2.24, 2.45) is 17.0 Å². The number of rotatable bonds is 5. The first-order valence-electron chi connectivity index (χ1n) is 5.98. The van der Waals surface area contributed by atoms with Crippen LogP contribution in [0.2, 0.25) is 0 Å². The number of allylic oxidation sites excluding steroid dienone is 2. The molecule has 0 aromatic heterocycles. The molecule has 0 amide bonds. The van der Waals surface area contributed by atoms with E-state index < -0.39 is 0 Å². The molecule has 0 aromatic carbocycles. The zero-order chi connectivity index (χ0) is 12.8. The van der Waals surface area contributed by atoms with Gasteiger partial charge in [-0.15, -0.1) is 0 Å². The van der Waals surface area contributed by atoms with Crippen LogP contribution in [0.1, 0.15) is 27.2 Å². The molecule has 0 fully saturated rings. The molecule has 0 aromatic rings. The van der Waals surface area contributed by atoms with Crippen molar-refractivity contribution in [3.8, 4) is 0 Å². The van der Waals surface area contributed by atoms with Gasteiger partial charge < -0.3 is 0 Å². The van der Waals surface area contributed by atoms with Gasteiger partial charge in [-0.05, 0) is 0 Å². The van der Waals surface area contributed by atoms with Gasteiger partial charge in [0.15, 0.2) is 0 Å². The van der Waals surface area contributed by atoms with Crippen LogP contribution in [0.15, 0.2) is 29.0 Å². The van der Waals surface area contributed by atoms with Crippen LogP contribution in [0.4, 0.5) is 0 Å². The van der Waals surface area contributed by atoms with Crippen LogP contribution in [0.3, 0.4) is 0 Å². The molecular formula is C13H19BNO2. The van der Waals surface area contributed by atoms with Gasteiger partial charge in [-0.1, -0.05) is 0 Å². The molecule has 0 saturated heterocycles. The Kier molecular flexibility index (Phi) is 5.33. The topological polar surface area (TPSA) is 38.7 Å². The SMILES string of the molecule is [B]=COC1C(C/C=C/C)=CC(N=O)C(C)C1C. The predicted octanol–water partition coefficient (Wildman–Crippen LogP) is 2.61. The number of nitrogens with zero attached hydrogens (tertiary/aromatic N) is 1. The van der Waals surface area contributed by atoms with Gasteiger partial charge in [-0.25, -0.2) is 0 Å². The van der Waals surface area contributed by atoms with Gasteiger partial charge in [0.05, 0.1) is 0 Å². The monoisotopic (exact) mass is 232 g/mol. The van der Waals surface area contributed by atoms with Crippen molar-refractivity contribution in [2.45, 2.75) is 39.3 Å². The van der Waals surface area contributed by atoms with E-state index in [2.05, 4.69) is 12.1 Å². The maximum absolute atomic E-state index is 10.8. The summed E-state index contributed by atoms with van der Waals surface area (Å²) in [4.78, 5) is 10.8. The first-order valence-corrected chi connectivity index (χ1v) is 5.98. The normalized spacial score (nSPS) is 33.2. The first kappa shape index (κ1) is 13.9. The minimum absolute atomic E-state index is 0.0517. The van der Waals surface area contributed by atoms with Crippen LogP contribution in [-0.4, -0.2) is 25.8 Å². The third-order valence-corrected chi connectivity index (χ3v) is 3.53. The van der Waals surface area contributed by atoms with Crippen molar-refractivity contribution in [1.82, 2.24) is 0 Å². The van der Waals surface area contributed by atoms with Crippen LogP contribution < -0.4 is 0 Å². The minimum atomic E-state index is -0.261. The third-order valence-electron chi connectivity index (χ3n) is 3.53. The van der Waals surface area contributed by atoms with Crippen molar-refractivity contribution >= 4 is 13.6 Å². The quantitative estimate of drug-likeness (QED) is 0.415. The van der Waals surface area contributed by atoms with Crippen molar-refractivity contribution in [3.63, 3.8) is 0 Å². The molecule has 0 saturated carbocycles. The van der Waals surface area contributed by atoms with Gasteiger partial charge in [0.25, 0.3) is 0 Å². The zero-order valence-corrected chi connectivity index (χ0v) is 10.7. The van der Waals surface area contributed by atoms with E-state index >= 15 is 0 Å². The Morgan fingerprint density at radius 1 is 1.47 bits per heavy atom. The summed E-state index contributed by atoms with van der Waals surface area (Å²) < 4.78 is 5.47. The van der Waals surface area contributed by atoms with E-state index in [1.165, 1.54) is 6.15 Å². The molecular weight excluding hydrogens is 213 g/mol. The fraction of sp³-hybridized carbons (Fsp3) is 0.615. The van der Waals surface area contributed by atoms with Crippen molar-refractivity contribution in [2.75, 3.05) is 0 Å². The van der Waals surface area contributed by atoms with Crippen LogP contribution in [0.25, 0.3) is 0 Å². The zero-order valence-electron chi connectivity index (χ0n) is 10.7. The number of hydrogen-bond donors (Lipinski definition) is 0. The molecule has 4 unspecified atom stereocenters. The molecule has 0 N–H and O–H groups in total. The molecule has 1 aliphatic rings. The van der Waals surface area contributed by atoms with E-state index in [1.54, 1.807) is 0 Å². The summed E-state index contributed by atoms with van der Waals surface area (Å²) in [6.07, 6.45) is 7.90. The molecule has 0 aliphatic heterocycles. The molecule has 1 rings (SSSR count). The Hall–Kier alpha value is -1.19. The van der Waals surface area contributed by atoms with Gasteiger partial charge in [0, 0.05) is 0 Å². The fourth-order valence-electron chi connectivity index (χ4n) is 2.25. The molecule has 0 spiro atoms. The predicted molar refractivity (Wildman–Crippen MR) is 72.1 cm³/mol. The third kappa shape index (κ3) is 3.14. The number of hydrogen-bond acceptors (Lipinski definition) is 3. The van der Waals surface area contributed by atoms with E-state index in [0.717, 1.165) is 12.0 Å². The molecule has 4 heteroatoms. The molecule has 0 bridgehead atoms. The molecule has 1 radical (unpaired) electrons. The molecule has 0 heterocycles. The molecule has 1 aliphatic carbocycles. The Balaban J connectivity index is 2.98. The van der Waals surface area contributed by atoms with Gasteiger partial charge in [-0.2, -0.15) is 0 Å². The second-order valence-electron chi connectivity index (χ2n) is 4.52. The van der Waals surface area contributed by atoms with Gasteiger partial charge >= 0.3 is 103 Å². The Labute approximate surface area is 104 Å². The van der Waals surface area contributed by atoms with Crippen molar-refractivity contribution in [1.29, 1.82) is 0 Å². The first-order chi connectivity index (χ1) is 8.15. The fourth-order valence-corrected chi connectivity index (χ4v) is 2.25. The second kappa shape index (κ2) is 6.53. The van der Waals surface area contributed by atoms with E-state index in [1.807, 2.05) is 32.1 Å². The van der Waals surface area contributed by atoms with E-state index in [-0.39, 0.29) is 24.0 Å². The van der Waals surface area contributed by atoms with E-state index in [4.69, 9.17) is 12.2 Å². The van der Waals surface area contributed by atoms with Gasteiger partial charge in [0.1, 0.15) is 0 Å². The van der Waals surface area contributed by atoms with Crippen molar-refractivity contribution in [3.05, 3.63) is 28.7 Å². The Morgan fingerprint density at radius 3 is 2.71 bits per heavy atom. The number of nitroso groups, excluding NO2 is 1. The molecule has 91 valence electrons. The standard InChI is InChI=1S/C13H19BNO2/c1-4-5-6-11-7-12(15-16)9(2)10(3)13(11)17-8-14/h4-5,7-10,12-13H,6H2,1-3H3/b5-4+. The molecule has 17 heavy (non-hydrogen) atoms.